The van der Waals surface area contributed by atoms with E-state index in [2.05, 4.69) is 5.32 Å². The van der Waals surface area contributed by atoms with Crippen LogP contribution in [-0.2, 0) is 15.2 Å². The number of rotatable bonds is 0. The number of hydroxylamine groups is 1. The van der Waals surface area contributed by atoms with Crippen molar-refractivity contribution in [3.8, 4) is 5.75 Å². The molecular weight excluding hydrogens is 434 g/mol. The summed E-state index contributed by atoms with van der Waals surface area (Å²) in [6, 6.07) is 2.90. The number of ether oxygens (including phenoxy) is 1. The average Bonchev–Trinajstić information content (AvgIpc) is 3.27. The van der Waals surface area contributed by atoms with Gasteiger partial charge < -0.3 is 30.3 Å². The third kappa shape index (κ3) is 2.05. The minimum Gasteiger partial charge on any atom is -0.629 e. The number of nitrogens with zero attached hydrogens (tertiary/aromatic N) is 1. The van der Waals surface area contributed by atoms with Crippen molar-refractivity contribution in [2.24, 2.45) is 11.3 Å². The van der Waals surface area contributed by atoms with Crippen molar-refractivity contribution in [1.82, 2.24) is 10.2 Å². The van der Waals surface area contributed by atoms with Gasteiger partial charge in [-0.1, -0.05) is 13.8 Å². The van der Waals surface area contributed by atoms with E-state index >= 15 is 0 Å². The van der Waals surface area contributed by atoms with Gasteiger partial charge in [-0.3, -0.25) is 9.59 Å². The summed E-state index contributed by atoms with van der Waals surface area (Å²) in [6.07, 6.45) is 5.86. The van der Waals surface area contributed by atoms with E-state index in [4.69, 9.17) is 4.74 Å². The standard InChI is InChI=1S/C26H31N3O5/c1-22(2)10-8-14-16(34-22)7-6-15-18(14)29(33)19-23(3,4)17-12-24-9-5-11-28(24)21(31)25(17,27-20(24)30)13-26(15,19)32/h6-8,10,17,19,29,32H,5,9,11-13H2,1-4H3,(H,27,30)/t17-,19?,24+,25-,26+/m0/s1. The molecule has 8 nitrogen and oxygen atoms in total. The molecule has 6 heterocycles. The number of benzene rings is 1. The Kier molecular flexibility index (Phi) is 3.50. The van der Waals surface area contributed by atoms with Crippen LogP contribution in [0.5, 0.6) is 5.75 Å². The van der Waals surface area contributed by atoms with Crippen molar-refractivity contribution in [3.05, 3.63) is 34.5 Å². The van der Waals surface area contributed by atoms with Crippen LogP contribution in [0.4, 0.5) is 5.69 Å². The number of quaternary nitrogens is 1. The fraction of sp³-hybridized carbons (Fsp3) is 0.615. The largest absolute Gasteiger partial charge is 0.629 e. The molecule has 0 aromatic heterocycles. The molecule has 2 amide bonds. The molecule has 8 heteroatoms. The van der Waals surface area contributed by atoms with Crippen molar-refractivity contribution in [2.75, 3.05) is 6.54 Å². The summed E-state index contributed by atoms with van der Waals surface area (Å²) in [6.45, 7) is 8.48. The van der Waals surface area contributed by atoms with E-state index in [9.17, 15) is 19.9 Å². The summed E-state index contributed by atoms with van der Waals surface area (Å²) in [4.78, 5) is 29.1. The molecular formula is C26H31N3O5. The predicted octanol–water partition coefficient (Wildman–Crippen LogP) is 1.13. The highest BCUT2D eigenvalue weighted by Gasteiger charge is 2.79. The molecule has 7 aliphatic rings. The number of hydrogen-bond acceptors (Lipinski definition) is 5. The molecule has 6 atom stereocenters. The van der Waals surface area contributed by atoms with Crippen molar-refractivity contribution in [2.45, 2.75) is 81.7 Å². The number of carbonyl (C=O) groups excluding carboxylic acids is 2. The quantitative estimate of drug-likeness (QED) is 0.498. The molecule has 2 unspecified atom stereocenters. The van der Waals surface area contributed by atoms with Crippen LogP contribution in [0, 0.1) is 16.5 Å². The van der Waals surface area contributed by atoms with Crippen LogP contribution in [0.1, 0.15) is 64.5 Å². The third-order valence-electron chi connectivity index (χ3n) is 9.88. The molecule has 5 fully saturated rings. The molecule has 34 heavy (non-hydrogen) atoms. The van der Waals surface area contributed by atoms with E-state index in [0.29, 0.717) is 42.0 Å². The van der Waals surface area contributed by atoms with Gasteiger partial charge in [0, 0.05) is 24.3 Å². The van der Waals surface area contributed by atoms with E-state index < -0.39 is 33.7 Å². The summed E-state index contributed by atoms with van der Waals surface area (Å²) >= 11 is 0. The number of nitrogens with one attached hydrogen (secondary N) is 2. The van der Waals surface area contributed by atoms with Crippen molar-refractivity contribution in [1.29, 1.82) is 0 Å². The van der Waals surface area contributed by atoms with E-state index in [-0.39, 0.29) is 29.2 Å². The van der Waals surface area contributed by atoms with Gasteiger partial charge in [-0.25, -0.2) is 0 Å². The number of amides is 2. The second-order valence-corrected chi connectivity index (χ2v) is 12.4. The summed E-state index contributed by atoms with van der Waals surface area (Å²) < 4.78 is 6.12. The first-order chi connectivity index (χ1) is 15.9. The zero-order valence-electron chi connectivity index (χ0n) is 20.0. The van der Waals surface area contributed by atoms with Crippen LogP contribution in [0.15, 0.2) is 18.2 Å². The second-order valence-electron chi connectivity index (χ2n) is 12.4. The molecule has 2 spiro atoms. The summed E-state index contributed by atoms with van der Waals surface area (Å²) in [5.41, 5.74) is -3.04. The van der Waals surface area contributed by atoms with Gasteiger partial charge >= 0.3 is 0 Å². The molecule has 2 bridgehead atoms. The average molecular weight is 466 g/mol. The predicted molar refractivity (Wildman–Crippen MR) is 123 cm³/mol. The van der Waals surface area contributed by atoms with Gasteiger partial charge in [-0.05, 0) is 57.4 Å². The number of aliphatic hydroxyl groups is 1. The third-order valence-corrected chi connectivity index (χ3v) is 9.88. The molecule has 6 aliphatic heterocycles. The van der Waals surface area contributed by atoms with Crippen LogP contribution in [0.25, 0.3) is 6.08 Å². The zero-order valence-corrected chi connectivity index (χ0v) is 20.0. The van der Waals surface area contributed by atoms with Gasteiger partial charge in [0.05, 0.1) is 11.1 Å². The molecule has 0 radical (unpaired) electrons. The number of hydrogen-bond donors (Lipinski definition) is 3. The van der Waals surface area contributed by atoms with Gasteiger partial charge in [0.25, 0.3) is 0 Å². The monoisotopic (exact) mass is 465 g/mol. The Labute approximate surface area is 198 Å². The highest BCUT2D eigenvalue weighted by molar-refractivity contribution is 6.05. The Morgan fingerprint density at radius 2 is 2.00 bits per heavy atom. The molecule has 3 N–H and O–H groups in total. The maximum Gasteiger partial charge on any atom is 0.249 e. The Hall–Kier alpha value is -2.42. The lowest BCUT2D eigenvalue weighted by atomic mass is 9.46. The molecule has 180 valence electrons. The van der Waals surface area contributed by atoms with Crippen molar-refractivity contribution < 1.29 is 24.5 Å². The molecule has 1 aliphatic carbocycles. The summed E-state index contributed by atoms with van der Waals surface area (Å²) in [5, 5.41) is 29.5. The van der Waals surface area contributed by atoms with E-state index in [1.165, 1.54) is 0 Å². The Bertz CT molecular complexity index is 1220. The van der Waals surface area contributed by atoms with Gasteiger partial charge in [-0.15, -0.1) is 0 Å². The van der Waals surface area contributed by atoms with Gasteiger partial charge in [0.2, 0.25) is 11.8 Å². The Balaban J connectivity index is 1.43. The normalized spacial score (nSPS) is 43.9. The van der Waals surface area contributed by atoms with E-state index in [1.54, 1.807) is 11.0 Å². The molecule has 4 saturated heterocycles. The number of carbonyl (C=O) groups is 2. The van der Waals surface area contributed by atoms with Gasteiger partial charge in [0.1, 0.15) is 34.2 Å². The maximum atomic E-state index is 14.1. The SMILES string of the molecule is CC1(C)C=Cc2c(ccc3c2[NH+]([O-])C2C(C)(C)[C@@H]4C[C@@]56CCCN5C(=O)[C@@]4(C[C@@]32O)NC6=O)O1. The van der Waals surface area contributed by atoms with Crippen molar-refractivity contribution in [3.63, 3.8) is 0 Å². The zero-order chi connectivity index (χ0) is 24.1. The van der Waals surface area contributed by atoms with Crippen LogP contribution < -0.4 is 15.1 Å². The first kappa shape index (κ1) is 20.9. The van der Waals surface area contributed by atoms with E-state index in [1.807, 2.05) is 45.9 Å². The first-order valence-electron chi connectivity index (χ1n) is 12.3. The van der Waals surface area contributed by atoms with Crippen LogP contribution >= 0.6 is 0 Å². The molecule has 1 aromatic carbocycles. The van der Waals surface area contributed by atoms with Gasteiger partial charge in [-0.2, -0.15) is 0 Å². The number of piperazine rings is 1. The highest BCUT2D eigenvalue weighted by Crippen LogP contribution is 2.64. The molecule has 1 saturated carbocycles. The topological polar surface area (TPSA) is 106 Å². The smallest absolute Gasteiger partial charge is 0.249 e. The van der Waals surface area contributed by atoms with Crippen molar-refractivity contribution >= 4 is 23.6 Å². The van der Waals surface area contributed by atoms with Gasteiger partial charge in [0.15, 0.2) is 5.60 Å². The highest BCUT2D eigenvalue weighted by atomic mass is 16.5. The van der Waals surface area contributed by atoms with Crippen LogP contribution in [0.3, 0.4) is 0 Å². The molecule has 1 aromatic rings. The lowest BCUT2D eigenvalue weighted by Crippen LogP contribution is -3.10. The lowest BCUT2D eigenvalue weighted by Gasteiger charge is -2.67. The first-order valence-corrected chi connectivity index (χ1v) is 12.3. The second kappa shape index (κ2) is 5.69. The number of fused-ring (bicyclic) bond motifs is 6. The maximum absolute atomic E-state index is 14.1. The van der Waals surface area contributed by atoms with E-state index in [0.717, 1.165) is 6.42 Å². The Morgan fingerprint density at radius 3 is 2.76 bits per heavy atom. The number of piperidine rings is 2. The molecule has 8 rings (SSSR count). The Morgan fingerprint density at radius 1 is 1.24 bits per heavy atom. The summed E-state index contributed by atoms with van der Waals surface area (Å²) in [5.74, 6) is 0.196. The minimum atomic E-state index is -1.55. The fourth-order valence-electron chi connectivity index (χ4n) is 8.59. The van der Waals surface area contributed by atoms with Crippen LogP contribution in [0.2, 0.25) is 0 Å². The lowest BCUT2D eigenvalue weighted by molar-refractivity contribution is -0.822. The summed E-state index contributed by atoms with van der Waals surface area (Å²) in [7, 11) is 0. The minimum absolute atomic E-state index is 0.0174. The fourth-order valence-corrected chi connectivity index (χ4v) is 8.59. The van der Waals surface area contributed by atoms with Crippen LogP contribution in [-0.4, -0.2) is 51.1 Å².